The molecular weight excluding hydrogens is 354 g/mol. The Kier molecular flexibility index (Phi) is 4.57. The van der Waals surface area contributed by atoms with Crippen LogP contribution in [0, 0.1) is 27.7 Å². The van der Waals surface area contributed by atoms with Crippen molar-refractivity contribution >= 4 is 29.5 Å². The molecular formula is C26H29N3. The maximum Gasteiger partial charge on any atom is 0.146 e. The zero-order valence-electron chi connectivity index (χ0n) is 18.5. The molecule has 0 saturated heterocycles. The van der Waals surface area contributed by atoms with E-state index >= 15 is 0 Å². The summed E-state index contributed by atoms with van der Waals surface area (Å²) >= 11 is 0. The van der Waals surface area contributed by atoms with E-state index in [-0.39, 0.29) is 5.41 Å². The lowest BCUT2D eigenvalue weighted by Crippen LogP contribution is -2.19. The fourth-order valence-corrected chi connectivity index (χ4v) is 4.02. The van der Waals surface area contributed by atoms with Gasteiger partial charge in [-0.05, 0) is 73.1 Å². The van der Waals surface area contributed by atoms with Gasteiger partial charge < -0.3 is 0 Å². The molecule has 29 heavy (non-hydrogen) atoms. The van der Waals surface area contributed by atoms with E-state index in [4.69, 9.17) is 9.97 Å². The normalized spacial score (nSPS) is 13.1. The summed E-state index contributed by atoms with van der Waals surface area (Å²) in [7, 11) is 0. The quantitative estimate of drug-likeness (QED) is 0.356. The Bertz CT molecular complexity index is 1050. The van der Waals surface area contributed by atoms with Crippen molar-refractivity contribution in [3.05, 3.63) is 75.6 Å². The van der Waals surface area contributed by atoms with E-state index < -0.39 is 0 Å². The summed E-state index contributed by atoms with van der Waals surface area (Å²) in [5, 5.41) is 0. The van der Waals surface area contributed by atoms with Gasteiger partial charge in [-0.1, -0.05) is 45.1 Å². The number of pyridine rings is 2. The molecule has 0 spiro atoms. The van der Waals surface area contributed by atoms with Crippen molar-refractivity contribution in [2.75, 3.05) is 4.90 Å². The van der Waals surface area contributed by atoms with Crippen LogP contribution in [0.2, 0.25) is 0 Å². The molecule has 0 saturated carbocycles. The molecule has 3 heterocycles. The molecule has 3 nitrogen and oxygen atoms in total. The fraction of sp³-hybridized carbons (Fsp3) is 0.308. The number of nitrogens with zero attached hydrogens (tertiary/aromatic N) is 3. The lowest BCUT2D eigenvalue weighted by atomic mass is 9.84. The number of rotatable bonds is 1. The van der Waals surface area contributed by atoms with Gasteiger partial charge in [-0.25, -0.2) is 9.97 Å². The highest BCUT2D eigenvalue weighted by atomic mass is 15.2. The van der Waals surface area contributed by atoms with Crippen LogP contribution in [0.25, 0.3) is 12.2 Å². The van der Waals surface area contributed by atoms with Crippen molar-refractivity contribution in [3.63, 3.8) is 0 Å². The molecule has 3 aromatic rings. The Hall–Kier alpha value is -2.94. The summed E-state index contributed by atoms with van der Waals surface area (Å²) in [6.07, 6.45) is 8.19. The van der Waals surface area contributed by atoms with E-state index in [1.165, 1.54) is 16.7 Å². The molecule has 0 N–H and O–H groups in total. The Morgan fingerprint density at radius 1 is 0.690 bits per heavy atom. The molecule has 4 rings (SSSR count). The van der Waals surface area contributed by atoms with Crippen molar-refractivity contribution < 1.29 is 0 Å². The van der Waals surface area contributed by atoms with Crippen molar-refractivity contribution in [2.45, 2.75) is 53.9 Å². The smallest absolute Gasteiger partial charge is 0.146 e. The van der Waals surface area contributed by atoms with Crippen LogP contribution in [-0.2, 0) is 5.41 Å². The monoisotopic (exact) mass is 383 g/mol. The zero-order chi connectivity index (χ0) is 20.9. The average molecular weight is 384 g/mol. The van der Waals surface area contributed by atoms with Crippen LogP contribution >= 0.6 is 0 Å². The summed E-state index contributed by atoms with van der Waals surface area (Å²) in [5.41, 5.74) is 9.61. The highest BCUT2D eigenvalue weighted by Gasteiger charge is 2.26. The van der Waals surface area contributed by atoms with Gasteiger partial charge in [0.05, 0.1) is 5.69 Å². The summed E-state index contributed by atoms with van der Waals surface area (Å²) in [5.74, 6) is 1.85. The average Bonchev–Trinajstić information content (AvgIpc) is 2.77. The number of fused-ring (bicyclic) bond motifs is 2. The standard InChI is InChI=1S/C26H29N3/c1-16-10-20-8-9-21-11-17(2)15-28-25(21)29(24(20)27-14-16)23-18(3)12-22(13-19(23)4)26(5,6)7/h8-15H,1-7H3. The largest absolute Gasteiger partial charge is 0.277 e. The van der Waals surface area contributed by atoms with Gasteiger partial charge in [0.1, 0.15) is 11.6 Å². The number of benzene rings is 1. The number of aryl methyl sites for hydroxylation is 4. The van der Waals surface area contributed by atoms with E-state index in [9.17, 15) is 0 Å². The first-order valence-corrected chi connectivity index (χ1v) is 10.2. The molecule has 3 heteroatoms. The number of aromatic nitrogens is 2. The molecule has 1 aliphatic heterocycles. The zero-order valence-corrected chi connectivity index (χ0v) is 18.5. The maximum atomic E-state index is 4.85. The van der Waals surface area contributed by atoms with Crippen molar-refractivity contribution in [1.82, 2.24) is 9.97 Å². The lowest BCUT2D eigenvalue weighted by Gasteiger charge is -2.30. The Labute approximate surface area is 174 Å². The van der Waals surface area contributed by atoms with E-state index in [1.807, 2.05) is 12.4 Å². The third-order valence-corrected chi connectivity index (χ3v) is 5.51. The molecule has 2 aromatic heterocycles. The van der Waals surface area contributed by atoms with Gasteiger partial charge in [0.25, 0.3) is 0 Å². The second-order valence-corrected chi connectivity index (χ2v) is 9.23. The molecule has 0 bridgehead atoms. The first-order valence-electron chi connectivity index (χ1n) is 10.2. The second kappa shape index (κ2) is 6.84. The topological polar surface area (TPSA) is 29.0 Å². The third-order valence-electron chi connectivity index (χ3n) is 5.51. The van der Waals surface area contributed by atoms with Crippen molar-refractivity contribution in [1.29, 1.82) is 0 Å². The van der Waals surface area contributed by atoms with Gasteiger partial charge in [0.2, 0.25) is 0 Å². The SMILES string of the molecule is Cc1cnc2c(c1)C=Cc1cc(C)cnc1N2c1c(C)cc(C(C)(C)C)cc1C. The Morgan fingerprint density at radius 2 is 1.14 bits per heavy atom. The Morgan fingerprint density at radius 3 is 1.55 bits per heavy atom. The highest BCUT2D eigenvalue weighted by molar-refractivity contribution is 5.91. The van der Waals surface area contributed by atoms with Gasteiger partial charge in [-0.2, -0.15) is 0 Å². The minimum Gasteiger partial charge on any atom is -0.277 e. The molecule has 0 radical (unpaired) electrons. The van der Waals surface area contributed by atoms with Crippen LogP contribution in [0.3, 0.4) is 0 Å². The van der Waals surface area contributed by atoms with Gasteiger partial charge in [-0.15, -0.1) is 0 Å². The minimum atomic E-state index is 0.106. The van der Waals surface area contributed by atoms with Crippen LogP contribution in [0.15, 0.2) is 36.7 Å². The van der Waals surface area contributed by atoms with E-state index in [2.05, 4.69) is 89.8 Å². The van der Waals surface area contributed by atoms with Gasteiger partial charge >= 0.3 is 0 Å². The highest BCUT2D eigenvalue weighted by Crippen LogP contribution is 2.43. The lowest BCUT2D eigenvalue weighted by molar-refractivity contribution is 0.589. The van der Waals surface area contributed by atoms with E-state index in [0.29, 0.717) is 0 Å². The van der Waals surface area contributed by atoms with Gasteiger partial charge in [-0.3, -0.25) is 4.90 Å². The summed E-state index contributed by atoms with van der Waals surface area (Å²) in [6, 6.07) is 9.00. The summed E-state index contributed by atoms with van der Waals surface area (Å²) in [4.78, 5) is 11.9. The van der Waals surface area contributed by atoms with Crippen molar-refractivity contribution in [2.24, 2.45) is 0 Å². The van der Waals surface area contributed by atoms with Gasteiger partial charge in [0, 0.05) is 23.5 Å². The first kappa shape index (κ1) is 19.4. The summed E-state index contributed by atoms with van der Waals surface area (Å²) < 4.78 is 0. The third kappa shape index (κ3) is 3.46. The molecule has 1 aliphatic rings. The number of hydrogen-bond donors (Lipinski definition) is 0. The molecule has 1 aromatic carbocycles. The van der Waals surface area contributed by atoms with Crippen LogP contribution in [0.1, 0.15) is 59.7 Å². The Balaban J connectivity index is 2.02. The fourth-order valence-electron chi connectivity index (χ4n) is 4.02. The molecule has 148 valence electrons. The summed E-state index contributed by atoms with van der Waals surface area (Å²) in [6.45, 7) is 15.3. The maximum absolute atomic E-state index is 4.85. The minimum absolute atomic E-state index is 0.106. The van der Waals surface area contributed by atoms with Crippen LogP contribution < -0.4 is 4.90 Å². The van der Waals surface area contributed by atoms with Crippen LogP contribution in [0.4, 0.5) is 17.3 Å². The van der Waals surface area contributed by atoms with Crippen molar-refractivity contribution in [3.8, 4) is 0 Å². The predicted molar refractivity (Wildman–Crippen MR) is 123 cm³/mol. The van der Waals surface area contributed by atoms with E-state index in [1.54, 1.807) is 0 Å². The molecule has 0 fully saturated rings. The first-order chi connectivity index (χ1) is 13.6. The van der Waals surface area contributed by atoms with Crippen LogP contribution in [-0.4, -0.2) is 9.97 Å². The molecule has 0 aliphatic carbocycles. The number of anilines is 3. The van der Waals surface area contributed by atoms with Crippen LogP contribution in [0.5, 0.6) is 0 Å². The molecule has 0 atom stereocenters. The molecule has 0 unspecified atom stereocenters. The van der Waals surface area contributed by atoms with Gasteiger partial charge in [0.15, 0.2) is 0 Å². The number of hydrogen-bond acceptors (Lipinski definition) is 3. The van der Waals surface area contributed by atoms with E-state index in [0.717, 1.165) is 39.6 Å². The second-order valence-electron chi connectivity index (χ2n) is 9.23. The molecule has 0 amide bonds. The predicted octanol–water partition coefficient (Wildman–Crippen LogP) is 6.96.